The van der Waals surface area contributed by atoms with Gasteiger partial charge in [-0.3, -0.25) is 0 Å². The summed E-state index contributed by atoms with van der Waals surface area (Å²) in [4.78, 5) is 7.06. The van der Waals surface area contributed by atoms with Crippen molar-refractivity contribution in [2.75, 3.05) is 31.1 Å². The van der Waals surface area contributed by atoms with Gasteiger partial charge in [0.25, 0.3) is 0 Å². The Balaban J connectivity index is 1.82. The zero-order valence-corrected chi connectivity index (χ0v) is 11.5. The summed E-state index contributed by atoms with van der Waals surface area (Å²) in [6, 6.07) is 4.33. The molecule has 1 aromatic heterocycles. The SMILES string of the molecule is CC1CNCCc2nc(N3CCC(F)CC3)ccc21. The van der Waals surface area contributed by atoms with Crippen LogP contribution >= 0.6 is 0 Å². The minimum absolute atomic E-state index is 0.524. The number of hydrogen-bond donors (Lipinski definition) is 1. The Kier molecular flexibility index (Phi) is 3.69. The first-order valence-corrected chi connectivity index (χ1v) is 7.33. The smallest absolute Gasteiger partial charge is 0.128 e. The van der Waals surface area contributed by atoms with Crippen LogP contribution in [0.25, 0.3) is 0 Å². The molecule has 19 heavy (non-hydrogen) atoms. The first kappa shape index (κ1) is 12.9. The highest BCUT2D eigenvalue weighted by atomic mass is 19.1. The van der Waals surface area contributed by atoms with Gasteiger partial charge in [-0.2, -0.15) is 0 Å². The second-order valence-electron chi connectivity index (χ2n) is 5.72. The highest BCUT2D eigenvalue weighted by molar-refractivity contribution is 5.43. The molecule has 1 aromatic rings. The van der Waals surface area contributed by atoms with E-state index < -0.39 is 6.17 Å². The lowest BCUT2D eigenvalue weighted by atomic mass is 9.99. The minimum Gasteiger partial charge on any atom is -0.356 e. The van der Waals surface area contributed by atoms with Gasteiger partial charge in [-0.05, 0) is 30.4 Å². The Morgan fingerprint density at radius 2 is 2.11 bits per heavy atom. The van der Waals surface area contributed by atoms with Crippen LogP contribution in [0.4, 0.5) is 10.2 Å². The molecule has 0 saturated carbocycles. The second kappa shape index (κ2) is 5.45. The average Bonchev–Trinajstić information content (AvgIpc) is 2.61. The van der Waals surface area contributed by atoms with Crippen molar-refractivity contribution in [3.05, 3.63) is 23.4 Å². The number of halogens is 1. The Bertz CT molecular complexity index is 441. The van der Waals surface area contributed by atoms with Crippen LogP contribution in [0, 0.1) is 0 Å². The normalized spacial score (nSPS) is 24.9. The highest BCUT2D eigenvalue weighted by Gasteiger charge is 2.21. The van der Waals surface area contributed by atoms with E-state index in [1.807, 2.05) is 0 Å². The van der Waals surface area contributed by atoms with E-state index >= 15 is 0 Å². The van der Waals surface area contributed by atoms with E-state index in [0.717, 1.165) is 38.4 Å². The molecule has 1 N–H and O–H groups in total. The van der Waals surface area contributed by atoms with Crippen LogP contribution in [0.2, 0.25) is 0 Å². The minimum atomic E-state index is -0.624. The van der Waals surface area contributed by atoms with Crippen molar-refractivity contribution in [3.8, 4) is 0 Å². The second-order valence-corrected chi connectivity index (χ2v) is 5.72. The number of nitrogens with zero attached hydrogens (tertiary/aromatic N) is 2. The molecule has 3 rings (SSSR count). The quantitative estimate of drug-likeness (QED) is 0.842. The third-order valence-corrected chi connectivity index (χ3v) is 4.26. The molecule has 0 aromatic carbocycles. The monoisotopic (exact) mass is 263 g/mol. The summed E-state index contributed by atoms with van der Waals surface area (Å²) in [5.74, 6) is 1.55. The number of anilines is 1. The molecule has 3 nitrogen and oxygen atoms in total. The van der Waals surface area contributed by atoms with Crippen molar-refractivity contribution in [2.24, 2.45) is 0 Å². The molecule has 1 saturated heterocycles. The number of aromatic nitrogens is 1. The van der Waals surface area contributed by atoms with E-state index in [0.29, 0.717) is 18.8 Å². The van der Waals surface area contributed by atoms with Crippen molar-refractivity contribution in [3.63, 3.8) is 0 Å². The summed E-state index contributed by atoms with van der Waals surface area (Å²) in [5, 5.41) is 3.45. The van der Waals surface area contributed by atoms with Crippen molar-refractivity contribution in [1.82, 2.24) is 10.3 Å². The summed E-state index contributed by atoms with van der Waals surface area (Å²) in [5.41, 5.74) is 2.59. The van der Waals surface area contributed by atoms with E-state index in [1.54, 1.807) is 0 Å². The maximum atomic E-state index is 13.2. The van der Waals surface area contributed by atoms with Crippen molar-refractivity contribution in [2.45, 2.75) is 38.3 Å². The molecule has 0 bridgehead atoms. The fraction of sp³-hybridized carbons (Fsp3) is 0.667. The Labute approximate surface area is 114 Å². The van der Waals surface area contributed by atoms with Crippen LogP contribution in [0.1, 0.15) is 36.9 Å². The lowest BCUT2D eigenvalue weighted by Crippen LogP contribution is -2.35. The molecule has 104 valence electrons. The molecule has 0 aliphatic carbocycles. The summed E-state index contributed by atoms with van der Waals surface area (Å²) in [6.45, 7) is 5.86. The largest absolute Gasteiger partial charge is 0.356 e. The number of alkyl halides is 1. The molecule has 1 fully saturated rings. The standard InChI is InChI=1S/C15H22FN3/c1-11-10-17-7-4-14-13(11)2-3-15(18-14)19-8-5-12(16)6-9-19/h2-3,11-12,17H,4-10H2,1H3. The van der Waals surface area contributed by atoms with Crippen molar-refractivity contribution in [1.29, 1.82) is 0 Å². The van der Waals surface area contributed by atoms with Crippen LogP contribution in [-0.4, -0.2) is 37.3 Å². The summed E-state index contributed by atoms with van der Waals surface area (Å²) >= 11 is 0. The molecule has 0 amide bonds. The van der Waals surface area contributed by atoms with Crippen LogP contribution < -0.4 is 10.2 Å². The van der Waals surface area contributed by atoms with Gasteiger partial charge in [0.1, 0.15) is 12.0 Å². The van der Waals surface area contributed by atoms with Gasteiger partial charge >= 0.3 is 0 Å². The average molecular weight is 263 g/mol. The summed E-state index contributed by atoms with van der Waals surface area (Å²) in [6.07, 6.45) is 1.64. The van der Waals surface area contributed by atoms with E-state index in [1.165, 1.54) is 11.3 Å². The predicted molar refractivity (Wildman–Crippen MR) is 75.6 cm³/mol. The van der Waals surface area contributed by atoms with Gasteiger partial charge in [-0.25, -0.2) is 9.37 Å². The molecule has 0 spiro atoms. The number of pyridine rings is 1. The topological polar surface area (TPSA) is 28.2 Å². The van der Waals surface area contributed by atoms with Crippen molar-refractivity contribution >= 4 is 5.82 Å². The summed E-state index contributed by atoms with van der Waals surface area (Å²) < 4.78 is 13.2. The van der Waals surface area contributed by atoms with Gasteiger partial charge in [0, 0.05) is 38.3 Å². The van der Waals surface area contributed by atoms with E-state index in [-0.39, 0.29) is 0 Å². The van der Waals surface area contributed by atoms with Crippen LogP contribution in [0.3, 0.4) is 0 Å². The van der Waals surface area contributed by atoms with Gasteiger partial charge in [0.15, 0.2) is 0 Å². The first-order chi connectivity index (χ1) is 9.24. The number of fused-ring (bicyclic) bond motifs is 1. The van der Waals surface area contributed by atoms with Gasteiger partial charge in [0.2, 0.25) is 0 Å². The molecule has 2 aliphatic heterocycles. The fourth-order valence-corrected chi connectivity index (χ4v) is 3.04. The molecule has 0 radical (unpaired) electrons. The molecule has 1 unspecified atom stereocenters. The van der Waals surface area contributed by atoms with E-state index in [2.05, 4.69) is 29.3 Å². The van der Waals surface area contributed by atoms with Gasteiger partial charge < -0.3 is 10.2 Å². The fourth-order valence-electron chi connectivity index (χ4n) is 3.04. The number of piperidine rings is 1. The number of hydrogen-bond acceptors (Lipinski definition) is 3. The van der Waals surface area contributed by atoms with Crippen LogP contribution in [0.5, 0.6) is 0 Å². The van der Waals surface area contributed by atoms with Gasteiger partial charge in [0.05, 0.1) is 0 Å². The number of rotatable bonds is 1. The van der Waals surface area contributed by atoms with Crippen LogP contribution in [0.15, 0.2) is 12.1 Å². The molecular formula is C15H22FN3. The van der Waals surface area contributed by atoms with Gasteiger partial charge in [-0.1, -0.05) is 13.0 Å². The highest BCUT2D eigenvalue weighted by Crippen LogP contribution is 2.26. The van der Waals surface area contributed by atoms with E-state index in [9.17, 15) is 4.39 Å². The Morgan fingerprint density at radius 1 is 1.32 bits per heavy atom. The summed E-state index contributed by atoms with van der Waals surface area (Å²) in [7, 11) is 0. The van der Waals surface area contributed by atoms with E-state index in [4.69, 9.17) is 4.98 Å². The molecule has 2 aliphatic rings. The molecule has 1 atom stereocenters. The lowest BCUT2D eigenvalue weighted by molar-refractivity contribution is 0.276. The lowest BCUT2D eigenvalue weighted by Gasteiger charge is -2.30. The molecule has 4 heteroatoms. The first-order valence-electron chi connectivity index (χ1n) is 7.33. The third-order valence-electron chi connectivity index (χ3n) is 4.26. The Hall–Kier alpha value is -1.16. The van der Waals surface area contributed by atoms with Crippen LogP contribution in [-0.2, 0) is 6.42 Å². The maximum Gasteiger partial charge on any atom is 0.128 e. The molecular weight excluding hydrogens is 241 g/mol. The zero-order valence-electron chi connectivity index (χ0n) is 11.5. The van der Waals surface area contributed by atoms with Crippen molar-refractivity contribution < 1.29 is 4.39 Å². The van der Waals surface area contributed by atoms with Gasteiger partial charge in [-0.15, -0.1) is 0 Å². The Morgan fingerprint density at radius 3 is 2.89 bits per heavy atom. The predicted octanol–water partition coefficient (Wildman–Crippen LogP) is 2.27. The third kappa shape index (κ3) is 2.73. The maximum absolute atomic E-state index is 13.2. The zero-order chi connectivity index (χ0) is 13.2. The molecule has 3 heterocycles. The number of nitrogens with one attached hydrogen (secondary N) is 1.